The van der Waals surface area contributed by atoms with E-state index in [9.17, 15) is 13.2 Å². The summed E-state index contributed by atoms with van der Waals surface area (Å²) in [7, 11) is -2.92. The Bertz CT molecular complexity index is 112. The molecule has 0 atom stereocenters. The minimum absolute atomic E-state index is 0. The van der Waals surface area contributed by atoms with Gasteiger partial charge in [-0.25, -0.2) is 0 Å². The lowest BCUT2D eigenvalue weighted by Crippen LogP contribution is -2.48. The van der Waals surface area contributed by atoms with Crippen LogP contribution in [0.1, 0.15) is 20.8 Å². The zero-order chi connectivity index (χ0) is 9.12. The van der Waals surface area contributed by atoms with E-state index in [2.05, 4.69) is 0 Å². The average Bonchev–Trinajstić information content (AvgIpc) is 1.90. The van der Waals surface area contributed by atoms with E-state index in [0.717, 1.165) is 0 Å². The molecular formula is C7H17F3SSi. The fourth-order valence-corrected chi connectivity index (χ4v) is 4.05. The number of alkyl halides is 3. The predicted octanol–water partition coefficient (Wildman–Crippen LogP) is 3.71. The van der Waals surface area contributed by atoms with E-state index in [4.69, 9.17) is 0 Å². The first-order valence-corrected chi connectivity index (χ1v) is 6.62. The Morgan fingerprint density at radius 1 is 0.917 bits per heavy atom. The molecule has 0 aliphatic carbocycles. The molecule has 0 spiro atoms. The van der Waals surface area contributed by atoms with Gasteiger partial charge in [-0.1, -0.05) is 38.9 Å². The maximum absolute atomic E-state index is 12.4. The second-order valence-electron chi connectivity index (χ2n) is 2.84. The third-order valence-electron chi connectivity index (χ3n) is 2.63. The van der Waals surface area contributed by atoms with Gasteiger partial charge < -0.3 is 0 Å². The lowest BCUT2D eigenvalue weighted by atomic mass is 10.9. The molecule has 0 saturated carbocycles. The Morgan fingerprint density at radius 3 is 1.17 bits per heavy atom. The standard InChI is InChI=1S/C7H15F3Si.H2S/c1-4-11(5-2,6-3)7(8,9)10;/h4-6H2,1-3H3;1H2. The van der Waals surface area contributed by atoms with E-state index in [1.807, 2.05) is 0 Å². The lowest BCUT2D eigenvalue weighted by molar-refractivity contribution is -0.0577. The first-order valence-electron chi connectivity index (χ1n) is 4.00. The molecule has 0 aromatic heterocycles. The smallest absolute Gasteiger partial charge is 0.197 e. The Labute approximate surface area is 80.0 Å². The van der Waals surface area contributed by atoms with Crippen molar-refractivity contribution < 1.29 is 13.2 Å². The average molecular weight is 218 g/mol. The lowest BCUT2D eigenvalue weighted by Gasteiger charge is -2.29. The molecule has 0 radical (unpaired) electrons. The van der Waals surface area contributed by atoms with Crippen molar-refractivity contribution in [2.24, 2.45) is 0 Å². The van der Waals surface area contributed by atoms with Gasteiger partial charge in [0, 0.05) is 0 Å². The highest BCUT2D eigenvalue weighted by molar-refractivity contribution is 7.59. The zero-order valence-corrected chi connectivity index (χ0v) is 9.76. The summed E-state index contributed by atoms with van der Waals surface area (Å²) in [5.74, 6) is -3.90. The first kappa shape index (κ1) is 14.9. The second kappa shape index (κ2) is 5.17. The molecule has 0 saturated heterocycles. The predicted molar refractivity (Wildman–Crippen MR) is 53.6 cm³/mol. The summed E-state index contributed by atoms with van der Waals surface area (Å²) in [6.07, 6.45) is 0. The third kappa shape index (κ3) is 2.69. The van der Waals surface area contributed by atoms with Gasteiger partial charge in [-0.15, -0.1) is 0 Å². The summed E-state index contributed by atoms with van der Waals surface area (Å²) in [5.41, 5.74) is 0. The van der Waals surface area contributed by atoms with Gasteiger partial charge in [0.05, 0.1) is 0 Å². The summed E-state index contributed by atoms with van der Waals surface area (Å²) in [5, 5.41) is 0. The van der Waals surface area contributed by atoms with Gasteiger partial charge in [0.15, 0.2) is 8.07 Å². The molecule has 12 heavy (non-hydrogen) atoms. The minimum atomic E-state index is -3.90. The molecule has 0 heterocycles. The maximum Gasteiger partial charge on any atom is 0.361 e. The van der Waals surface area contributed by atoms with Crippen molar-refractivity contribution in [1.29, 1.82) is 0 Å². The maximum atomic E-state index is 12.4. The molecule has 0 aromatic carbocycles. The van der Waals surface area contributed by atoms with Crippen LogP contribution in [0.2, 0.25) is 18.1 Å². The van der Waals surface area contributed by atoms with Crippen LogP contribution in [0.3, 0.4) is 0 Å². The fraction of sp³-hybridized carbons (Fsp3) is 1.00. The molecule has 0 amide bonds. The summed E-state index contributed by atoms with van der Waals surface area (Å²) in [4.78, 5) is 0. The zero-order valence-electron chi connectivity index (χ0n) is 7.76. The van der Waals surface area contributed by atoms with Gasteiger partial charge in [-0.2, -0.15) is 26.7 Å². The highest BCUT2D eigenvalue weighted by Gasteiger charge is 2.52. The van der Waals surface area contributed by atoms with Crippen LogP contribution >= 0.6 is 13.5 Å². The largest absolute Gasteiger partial charge is 0.361 e. The van der Waals surface area contributed by atoms with Crippen molar-refractivity contribution in [2.45, 2.75) is 44.7 Å². The van der Waals surface area contributed by atoms with Crippen LogP contribution in [0.15, 0.2) is 0 Å². The summed E-state index contributed by atoms with van der Waals surface area (Å²) >= 11 is 0. The number of halogens is 3. The van der Waals surface area contributed by atoms with E-state index < -0.39 is 13.9 Å². The van der Waals surface area contributed by atoms with Crippen LogP contribution in [0.25, 0.3) is 0 Å². The van der Waals surface area contributed by atoms with Crippen LogP contribution in [0.5, 0.6) is 0 Å². The highest BCUT2D eigenvalue weighted by atomic mass is 32.1. The Morgan fingerprint density at radius 2 is 1.17 bits per heavy atom. The van der Waals surface area contributed by atoms with Gasteiger partial charge in [-0.3, -0.25) is 0 Å². The van der Waals surface area contributed by atoms with Crippen molar-refractivity contribution in [3.05, 3.63) is 0 Å². The molecule has 0 rings (SSSR count). The van der Waals surface area contributed by atoms with Crippen molar-refractivity contribution in [2.75, 3.05) is 0 Å². The van der Waals surface area contributed by atoms with Crippen LogP contribution in [0, 0.1) is 0 Å². The van der Waals surface area contributed by atoms with Crippen LogP contribution < -0.4 is 0 Å². The monoisotopic (exact) mass is 218 g/mol. The summed E-state index contributed by atoms with van der Waals surface area (Å²) in [6, 6.07) is 0.969. The molecular weight excluding hydrogens is 201 g/mol. The van der Waals surface area contributed by atoms with Crippen LogP contribution in [-0.4, -0.2) is 13.9 Å². The second-order valence-corrected chi connectivity index (χ2v) is 8.09. The quantitative estimate of drug-likeness (QED) is 0.633. The fourth-order valence-electron chi connectivity index (χ4n) is 1.35. The van der Waals surface area contributed by atoms with Crippen molar-refractivity contribution in [1.82, 2.24) is 0 Å². The first-order chi connectivity index (χ1) is 4.93. The molecule has 0 aromatic rings. The molecule has 0 unspecified atom stereocenters. The number of hydrogen-bond donors (Lipinski definition) is 0. The molecule has 0 aliphatic heterocycles. The van der Waals surface area contributed by atoms with Crippen molar-refractivity contribution in [3.8, 4) is 0 Å². The summed E-state index contributed by atoms with van der Waals surface area (Å²) < 4.78 is 37.3. The van der Waals surface area contributed by atoms with Crippen molar-refractivity contribution >= 4 is 21.6 Å². The third-order valence-corrected chi connectivity index (χ3v) is 7.90. The van der Waals surface area contributed by atoms with Gasteiger partial charge >= 0.3 is 5.80 Å². The van der Waals surface area contributed by atoms with Crippen LogP contribution in [-0.2, 0) is 0 Å². The van der Waals surface area contributed by atoms with Crippen LogP contribution in [0.4, 0.5) is 13.2 Å². The Kier molecular flexibility index (Phi) is 6.40. The van der Waals surface area contributed by atoms with E-state index in [1.165, 1.54) is 0 Å². The van der Waals surface area contributed by atoms with E-state index in [-0.39, 0.29) is 13.5 Å². The number of rotatable bonds is 3. The van der Waals surface area contributed by atoms with E-state index in [0.29, 0.717) is 18.1 Å². The van der Waals surface area contributed by atoms with Gasteiger partial charge in [0.1, 0.15) is 0 Å². The van der Waals surface area contributed by atoms with Gasteiger partial charge in [0.2, 0.25) is 0 Å². The molecule has 5 heteroatoms. The molecule has 0 nitrogen and oxygen atoms in total. The van der Waals surface area contributed by atoms with E-state index in [1.54, 1.807) is 20.8 Å². The van der Waals surface area contributed by atoms with Gasteiger partial charge in [0.25, 0.3) is 0 Å². The van der Waals surface area contributed by atoms with Crippen molar-refractivity contribution in [3.63, 3.8) is 0 Å². The Balaban J connectivity index is 0. The minimum Gasteiger partial charge on any atom is -0.197 e. The summed E-state index contributed by atoms with van der Waals surface area (Å²) in [6.45, 7) is 4.98. The highest BCUT2D eigenvalue weighted by Crippen LogP contribution is 2.37. The van der Waals surface area contributed by atoms with Gasteiger partial charge in [-0.05, 0) is 0 Å². The molecule has 76 valence electrons. The molecule has 0 N–H and O–H groups in total. The SMILES string of the molecule is CC[Si](CC)(CC)C(F)(F)F.S. The molecule has 0 bridgehead atoms. The molecule has 0 fully saturated rings. The van der Waals surface area contributed by atoms with E-state index >= 15 is 0 Å². The topological polar surface area (TPSA) is 0 Å². The molecule has 0 aliphatic rings. The Hall–Kier alpha value is 0.357. The normalized spacial score (nSPS) is 12.5. The number of hydrogen-bond acceptors (Lipinski definition) is 0.